The van der Waals surface area contributed by atoms with Gasteiger partial charge in [0, 0.05) is 11.8 Å². The highest BCUT2D eigenvalue weighted by Gasteiger charge is 2.15. The van der Waals surface area contributed by atoms with Crippen molar-refractivity contribution in [3.05, 3.63) is 84.1 Å². The van der Waals surface area contributed by atoms with Crippen molar-refractivity contribution in [3.63, 3.8) is 0 Å². The summed E-state index contributed by atoms with van der Waals surface area (Å²) in [6.45, 7) is 4.09. The van der Waals surface area contributed by atoms with Crippen LogP contribution < -0.4 is 0 Å². The summed E-state index contributed by atoms with van der Waals surface area (Å²) in [7, 11) is 0. The Kier molecular flexibility index (Phi) is 3.86. The maximum Gasteiger partial charge on any atom is 0.187 e. The van der Waals surface area contributed by atoms with Crippen molar-refractivity contribution in [2.75, 3.05) is 0 Å². The van der Waals surface area contributed by atoms with Gasteiger partial charge in [0.15, 0.2) is 5.82 Å². The van der Waals surface area contributed by atoms with E-state index < -0.39 is 0 Å². The van der Waals surface area contributed by atoms with Crippen LogP contribution in [0.15, 0.2) is 83.2 Å². The van der Waals surface area contributed by atoms with Crippen LogP contribution in [-0.2, 0) is 0 Å². The molecule has 122 valence electrons. The number of azo groups is 1. The Bertz CT molecular complexity index is 1060. The number of benzene rings is 2. The van der Waals surface area contributed by atoms with Gasteiger partial charge in [-0.3, -0.25) is 4.40 Å². The molecule has 0 saturated heterocycles. The average molecular weight is 326 g/mol. The fourth-order valence-electron chi connectivity index (χ4n) is 2.85. The van der Waals surface area contributed by atoms with Crippen molar-refractivity contribution >= 4 is 17.2 Å². The molecule has 4 rings (SSSR count). The second-order valence-corrected chi connectivity index (χ2v) is 6.02. The van der Waals surface area contributed by atoms with E-state index >= 15 is 0 Å². The molecule has 0 aliphatic rings. The molecule has 0 bridgehead atoms. The predicted molar refractivity (Wildman–Crippen MR) is 101 cm³/mol. The van der Waals surface area contributed by atoms with Crippen LogP contribution in [-0.4, -0.2) is 9.38 Å². The minimum absolute atomic E-state index is 0.744. The third-order valence-electron chi connectivity index (χ3n) is 4.24. The topological polar surface area (TPSA) is 42.0 Å². The van der Waals surface area contributed by atoms with Gasteiger partial charge in [-0.15, -0.1) is 10.2 Å². The number of hydrogen-bond donors (Lipinski definition) is 0. The van der Waals surface area contributed by atoms with Crippen LogP contribution in [0.25, 0.3) is 16.9 Å². The standard InChI is InChI=1S/C21H18N4/c1-15-9-6-7-13-18(15)23-24-21-19(17-11-4-3-5-12-17)22-20-16(2)10-8-14-25(20)21/h3-14H,1-2H3. The molecule has 0 aliphatic carbocycles. The molecule has 0 atom stereocenters. The Morgan fingerprint density at radius 1 is 0.760 bits per heavy atom. The summed E-state index contributed by atoms with van der Waals surface area (Å²) in [6, 6.07) is 22.1. The molecule has 0 radical (unpaired) electrons. The molecule has 0 spiro atoms. The van der Waals surface area contributed by atoms with Crippen LogP contribution in [0.5, 0.6) is 0 Å². The molecule has 0 unspecified atom stereocenters. The smallest absolute Gasteiger partial charge is 0.187 e. The van der Waals surface area contributed by atoms with Gasteiger partial charge in [0.25, 0.3) is 0 Å². The van der Waals surface area contributed by atoms with Crippen molar-refractivity contribution in [1.29, 1.82) is 0 Å². The molecular weight excluding hydrogens is 308 g/mol. The lowest BCUT2D eigenvalue weighted by atomic mass is 10.1. The largest absolute Gasteiger partial charge is 0.282 e. The molecule has 4 heteroatoms. The van der Waals surface area contributed by atoms with Crippen LogP contribution in [0.1, 0.15) is 11.1 Å². The summed E-state index contributed by atoms with van der Waals surface area (Å²) in [5, 5.41) is 9.05. The molecular formula is C21H18N4. The fraction of sp³-hybridized carbons (Fsp3) is 0.0952. The van der Waals surface area contributed by atoms with Crippen molar-refractivity contribution < 1.29 is 0 Å². The second kappa shape index (κ2) is 6.32. The lowest BCUT2D eigenvalue weighted by Gasteiger charge is -2.01. The molecule has 2 aromatic carbocycles. The number of hydrogen-bond acceptors (Lipinski definition) is 3. The fourth-order valence-corrected chi connectivity index (χ4v) is 2.85. The first-order valence-corrected chi connectivity index (χ1v) is 8.24. The van der Waals surface area contributed by atoms with Gasteiger partial charge in [0.1, 0.15) is 11.3 Å². The summed E-state index contributed by atoms with van der Waals surface area (Å²) in [4.78, 5) is 4.83. The minimum atomic E-state index is 0.744. The van der Waals surface area contributed by atoms with Crippen LogP contribution in [0, 0.1) is 13.8 Å². The van der Waals surface area contributed by atoms with E-state index in [1.165, 1.54) is 0 Å². The van der Waals surface area contributed by atoms with Gasteiger partial charge in [-0.2, -0.15) is 0 Å². The summed E-state index contributed by atoms with van der Waals surface area (Å²) < 4.78 is 2.00. The third-order valence-corrected chi connectivity index (χ3v) is 4.24. The van der Waals surface area contributed by atoms with Crippen LogP contribution in [0.3, 0.4) is 0 Å². The summed E-state index contributed by atoms with van der Waals surface area (Å²) in [5.41, 5.74) is 5.84. The number of aryl methyl sites for hydroxylation is 2. The zero-order chi connectivity index (χ0) is 17.2. The zero-order valence-corrected chi connectivity index (χ0v) is 14.2. The number of nitrogens with zero attached hydrogens (tertiary/aromatic N) is 4. The number of fused-ring (bicyclic) bond motifs is 1. The first-order chi connectivity index (χ1) is 12.2. The Morgan fingerprint density at radius 3 is 2.28 bits per heavy atom. The second-order valence-electron chi connectivity index (χ2n) is 6.02. The van der Waals surface area contributed by atoms with E-state index in [1.807, 2.05) is 78.2 Å². The normalized spacial score (nSPS) is 11.4. The van der Waals surface area contributed by atoms with Crippen molar-refractivity contribution in [3.8, 4) is 11.3 Å². The molecule has 0 aliphatic heterocycles. The first kappa shape index (κ1) is 15.3. The van der Waals surface area contributed by atoms with E-state index in [-0.39, 0.29) is 0 Å². The SMILES string of the molecule is Cc1ccccc1N=Nc1c(-c2ccccc2)nc2c(C)cccn12. The summed E-state index contributed by atoms with van der Waals surface area (Å²) >= 11 is 0. The molecule has 4 nitrogen and oxygen atoms in total. The van der Waals surface area contributed by atoms with Crippen molar-refractivity contribution in [2.24, 2.45) is 10.2 Å². The van der Waals surface area contributed by atoms with Crippen molar-refractivity contribution in [1.82, 2.24) is 9.38 Å². The van der Waals surface area contributed by atoms with Gasteiger partial charge in [-0.05, 0) is 37.1 Å². The van der Waals surface area contributed by atoms with Crippen LogP contribution >= 0.6 is 0 Å². The molecule has 0 N–H and O–H groups in total. The third kappa shape index (κ3) is 2.83. The monoisotopic (exact) mass is 326 g/mol. The van der Waals surface area contributed by atoms with Crippen molar-refractivity contribution in [2.45, 2.75) is 13.8 Å². The van der Waals surface area contributed by atoms with Gasteiger partial charge >= 0.3 is 0 Å². The molecule has 0 saturated carbocycles. The lowest BCUT2D eigenvalue weighted by Crippen LogP contribution is -1.85. The molecule has 2 heterocycles. The van der Waals surface area contributed by atoms with Gasteiger partial charge in [0.2, 0.25) is 0 Å². The van der Waals surface area contributed by atoms with E-state index in [0.29, 0.717) is 0 Å². The highest BCUT2D eigenvalue weighted by molar-refractivity contribution is 5.75. The van der Waals surface area contributed by atoms with E-state index in [9.17, 15) is 0 Å². The zero-order valence-electron chi connectivity index (χ0n) is 14.2. The Hall–Kier alpha value is -3.27. The van der Waals surface area contributed by atoms with E-state index in [0.717, 1.165) is 39.5 Å². The van der Waals surface area contributed by atoms with Gasteiger partial charge < -0.3 is 0 Å². The number of aromatic nitrogens is 2. The van der Waals surface area contributed by atoms with Crippen LogP contribution in [0.2, 0.25) is 0 Å². The number of imidazole rings is 1. The summed E-state index contributed by atoms with van der Waals surface area (Å²) in [6.07, 6.45) is 1.98. The van der Waals surface area contributed by atoms with E-state index in [4.69, 9.17) is 4.98 Å². The first-order valence-electron chi connectivity index (χ1n) is 8.24. The Morgan fingerprint density at radius 2 is 1.48 bits per heavy atom. The minimum Gasteiger partial charge on any atom is -0.282 e. The van der Waals surface area contributed by atoms with Gasteiger partial charge in [-0.25, -0.2) is 4.98 Å². The highest BCUT2D eigenvalue weighted by Crippen LogP contribution is 2.33. The average Bonchev–Trinajstić information content (AvgIpc) is 3.02. The maximum atomic E-state index is 4.83. The van der Waals surface area contributed by atoms with E-state index in [2.05, 4.69) is 23.2 Å². The number of pyridine rings is 1. The molecule has 25 heavy (non-hydrogen) atoms. The van der Waals surface area contributed by atoms with Gasteiger partial charge in [-0.1, -0.05) is 54.6 Å². The molecule has 0 amide bonds. The maximum absolute atomic E-state index is 4.83. The number of rotatable bonds is 3. The molecule has 2 aromatic heterocycles. The molecule has 4 aromatic rings. The van der Waals surface area contributed by atoms with Gasteiger partial charge in [0.05, 0.1) is 5.69 Å². The quantitative estimate of drug-likeness (QED) is 0.424. The lowest BCUT2D eigenvalue weighted by molar-refractivity contribution is 1.09. The predicted octanol–water partition coefficient (Wildman–Crippen LogP) is 6.03. The Balaban J connectivity index is 1.92. The molecule has 0 fully saturated rings. The van der Waals surface area contributed by atoms with E-state index in [1.54, 1.807) is 0 Å². The summed E-state index contributed by atoms with van der Waals surface area (Å²) in [5.74, 6) is 0.744. The van der Waals surface area contributed by atoms with Crippen LogP contribution in [0.4, 0.5) is 11.5 Å². The Labute approximate surface area is 146 Å². The highest BCUT2D eigenvalue weighted by atomic mass is 15.2.